The Morgan fingerprint density at radius 2 is 1.71 bits per heavy atom. The number of aliphatic hydroxyl groups is 1. The number of amides is 2. The number of imidazole rings is 1. The van der Waals surface area contributed by atoms with Gasteiger partial charge in [-0.15, -0.1) is 12.4 Å². The normalized spacial score (nSPS) is 11.7. The maximum absolute atomic E-state index is 13.5. The van der Waals surface area contributed by atoms with Crippen molar-refractivity contribution in [2.45, 2.75) is 33.7 Å². The molecular formula is C28H31Cl2N5O3. The van der Waals surface area contributed by atoms with Crippen molar-refractivity contribution >= 4 is 64.2 Å². The number of H-pyrrole nitrogens is 1. The summed E-state index contributed by atoms with van der Waals surface area (Å²) in [5.41, 5.74) is 4.38. The summed E-state index contributed by atoms with van der Waals surface area (Å²) in [4.78, 5) is 34.2. The first-order valence-corrected chi connectivity index (χ1v) is 12.4. The number of anilines is 3. The number of aryl methyl sites for hydroxylation is 1. The van der Waals surface area contributed by atoms with Crippen LogP contribution in [0.4, 0.5) is 17.3 Å². The molecule has 0 unspecified atom stereocenters. The molecule has 0 fully saturated rings. The van der Waals surface area contributed by atoms with Crippen molar-refractivity contribution in [1.29, 1.82) is 0 Å². The fourth-order valence-electron chi connectivity index (χ4n) is 3.99. The zero-order chi connectivity index (χ0) is 26.7. The Bertz CT molecular complexity index is 1470. The summed E-state index contributed by atoms with van der Waals surface area (Å²) < 4.78 is 0. The van der Waals surface area contributed by atoms with Gasteiger partial charge in [0.2, 0.25) is 5.95 Å². The van der Waals surface area contributed by atoms with Gasteiger partial charge in [-0.1, -0.05) is 49.7 Å². The van der Waals surface area contributed by atoms with E-state index in [-0.39, 0.29) is 42.4 Å². The summed E-state index contributed by atoms with van der Waals surface area (Å²) in [6.45, 7) is 7.59. The predicted octanol–water partition coefficient (Wildman–Crippen LogP) is 6.19. The van der Waals surface area contributed by atoms with E-state index >= 15 is 0 Å². The molecule has 0 aliphatic heterocycles. The van der Waals surface area contributed by atoms with Crippen molar-refractivity contribution in [3.05, 3.63) is 81.9 Å². The molecule has 38 heavy (non-hydrogen) atoms. The maximum atomic E-state index is 13.5. The van der Waals surface area contributed by atoms with Crippen LogP contribution >= 0.6 is 24.0 Å². The summed E-state index contributed by atoms with van der Waals surface area (Å²) in [5, 5.41) is 19.3. The van der Waals surface area contributed by atoms with E-state index in [4.69, 9.17) is 11.6 Å². The van der Waals surface area contributed by atoms with Crippen LogP contribution in [-0.2, 0) is 0 Å². The summed E-state index contributed by atoms with van der Waals surface area (Å²) in [6, 6.07) is 15.7. The number of hydrogen-bond acceptors (Lipinski definition) is 5. The molecule has 200 valence electrons. The quantitative estimate of drug-likeness (QED) is 0.177. The van der Waals surface area contributed by atoms with E-state index in [2.05, 4.69) is 25.9 Å². The van der Waals surface area contributed by atoms with Gasteiger partial charge in [0.05, 0.1) is 23.7 Å². The Balaban J connectivity index is 0.00000400. The highest BCUT2D eigenvalue weighted by molar-refractivity contribution is 6.31. The molecule has 0 aliphatic carbocycles. The molecule has 0 bridgehead atoms. The fourth-order valence-corrected chi connectivity index (χ4v) is 4.16. The van der Waals surface area contributed by atoms with Crippen LogP contribution in [-0.4, -0.2) is 39.5 Å². The van der Waals surface area contributed by atoms with E-state index in [1.54, 1.807) is 42.5 Å². The number of nitrogens with zero attached hydrogens (tertiary/aromatic N) is 1. The Morgan fingerprint density at radius 3 is 2.39 bits per heavy atom. The van der Waals surface area contributed by atoms with E-state index in [9.17, 15) is 14.7 Å². The molecule has 0 aliphatic rings. The van der Waals surface area contributed by atoms with Crippen LogP contribution in [0.5, 0.6) is 0 Å². The molecule has 4 aromatic rings. The first kappa shape index (κ1) is 29.0. The summed E-state index contributed by atoms with van der Waals surface area (Å²) in [5.74, 6) is -0.121. The molecule has 0 saturated heterocycles. The zero-order valence-corrected chi connectivity index (χ0v) is 23.1. The smallest absolute Gasteiger partial charge is 0.258 e. The average Bonchev–Trinajstić information content (AvgIpc) is 3.27. The third-order valence-corrected chi connectivity index (χ3v) is 6.73. The first-order valence-electron chi connectivity index (χ1n) is 12.0. The SMILES string of the molecule is Cc1ccccc1C(=O)Nc1cc(C(=O)Nc2cccc(Cl)c2C)c2nc(N[C@H](CO)C(C)C)[nH]c2c1.Cl. The number of aliphatic hydroxyl groups excluding tert-OH is 1. The second-order valence-electron chi connectivity index (χ2n) is 9.32. The second-order valence-corrected chi connectivity index (χ2v) is 9.73. The van der Waals surface area contributed by atoms with Crippen LogP contribution in [0.2, 0.25) is 5.02 Å². The van der Waals surface area contributed by atoms with Crippen molar-refractivity contribution in [1.82, 2.24) is 9.97 Å². The minimum absolute atomic E-state index is 0. The predicted molar refractivity (Wildman–Crippen MR) is 156 cm³/mol. The molecule has 10 heteroatoms. The molecule has 1 aromatic heterocycles. The number of hydrogen-bond donors (Lipinski definition) is 5. The molecule has 2 amide bonds. The Labute approximate surface area is 232 Å². The van der Waals surface area contributed by atoms with Crippen LogP contribution in [0.1, 0.15) is 45.7 Å². The van der Waals surface area contributed by atoms with E-state index < -0.39 is 5.91 Å². The molecule has 0 spiro atoms. The lowest BCUT2D eigenvalue weighted by atomic mass is 10.1. The Morgan fingerprint density at radius 1 is 1.00 bits per heavy atom. The van der Waals surface area contributed by atoms with Crippen molar-refractivity contribution in [2.75, 3.05) is 22.6 Å². The van der Waals surface area contributed by atoms with Gasteiger partial charge in [0.15, 0.2) is 0 Å². The van der Waals surface area contributed by atoms with Crippen molar-refractivity contribution in [2.24, 2.45) is 5.92 Å². The number of aromatic amines is 1. The lowest BCUT2D eigenvalue weighted by molar-refractivity contribution is 0.101. The molecule has 0 saturated carbocycles. The molecule has 1 heterocycles. The number of halogens is 2. The number of rotatable bonds is 8. The van der Waals surface area contributed by atoms with Crippen LogP contribution in [0.25, 0.3) is 11.0 Å². The van der Waals surface area contributed by atoms with Crippen LogP contribution in [0, 0.1) is 19.8 Å². The van der Waals surface area contributed by atoms with Gasteiger partial charge < -0.3 is 26.0 Å². The molecule has 8 nitrogen and oxygen atoms in total. The topological polar surface area (TPSA) is 119 Å². The molecule has 4 rings (SSSR count). The number of fused-ring (bicyclic) bond motifs is 1. The molecule has 5 N–H and O–H groups in total. The lowest BCUT2D eigenvalue weighted by Gasteiger charge is -2.18. The van der Waals surface area contributed by atoms with Gasteiger partial charge in [0.1, 0.15) is 5.52 Å². The van der Waals surface area contributed by atoms with Gasteiger partial charge in [0.25, 0.3) is 11.8 Å². The van der Waals surface area contributed by atoms with Crippen LogP contribution in [0.3, 0.4) is 0 Å². The van der Waals surface area contributed by atoms with Crippen LogP contribution < -0.4 is 16.0 Å². The van der Waals surface area contributed by atoms with Gasteiger partial charge in [-0.05, 0) is 61.2 Å². The third kappa shape index (κ3) is 6.27. The second kappa shape index (κ2) is 12.3. The Kier molecular flexibility index (Phi) is 9.38. The standard InChI is InChI=1S/C28H30ClN5O3.ClH/c1-15(2)24(14-35)33-28-32-23-13-18(30-26(36)19-9-6-5-8-16(19)3)12-20(25(23)34-28)27(37)31-22-11-7-10-21(29)17(22)4;/h5-13,15,24,35H,14H2,1-4H3,(H,30,36)(H,31,37)(H2,32,33,34);1H/t24-;/m1./s1. The van der Waals surface area contributed by atoms with Crippen molar-refractivity contribution in [3.63, 3.8) is 0 Å². The minimum Gasteiger partial charge on any atom is -0.394 e. The number of carbonyl (C=O) groups is 2. The van der Waals surface area contributed by atoms with E-state index in [1.807, 2.05) is 39.8 Å². The zero-order valence-electron chi connectivity index (χ0n) is 21.6. The van der Waals surface area contributed by atoms with E-state index in [0.717, 1.165) is 11.1 Å². The highest BCUT2D eigenvalue weighted by Gasteiger charge is 2.20. The lowest BCUT2D eigenvalue weighted by Crippen LogP contribution is -2.29. The van der Waals surface area contributed by atoms with Gasteiger partial charge >= 0.3 is 0 Å². The third-order valence-electron chi connectivity index (χ3n) is 6.32. The summed E-state index contributed by atoms with van der Waals surface area (Å²) >= 11 is 6.24. The monoisotopic (exact) mass is 555 g/mol. The molecular weight excluding hydrogens is 525 g/mol. The first-order chi connectivity index (χ1) is 17.7. The Hall–Kier alpha value is -3.59. The number of carbonyl (C=O) groups excluding carboxylic acids is 2. The minimum atomic E-state index is -0.400. The number of nitrogens with one attached hydrogen (secondary N) is 4. The number of aromatic nitrogens is 2. The van der Waals surface area contributed by atoms with Gasteiger partial charge in [0, 0.05) is 22.0 Å². The summed E-state index contributed by atoms with van der Waals surface area (Å²) in [6.07, 6.45) is 0. The largest absolute Gasteiger partial charge is 0.394 e. The molecule has 1 atom stereocenters. The van der Waals surface area contributed by atoms with Crippen LogP contribution in [0.15, 0.2) is 54.6 Å². The maximum Gasteiger partial charge on any atom is 0.258 e. The highest BCUT2D eigenvalue weighted by atomic mass is 35.5. The number of benzene rings is 3. The molecule has 0 radical (unpaired) electrons. The van der Waals surface area contributed by atoms with Gasteiger partial charge in [-0.25, -0.2) is 4.98 Å². The molecule has 3 aromatic carbocycles. The van der Waals surface area contributed by atoms with Gasteiger partial charge in [-0.3, -0.25) is 9.59 Å². The van der Waals surface area contributed by atoms with E-state index in [0.29, 0.717) is 38.9 Å². The highest BCUT2D eigenvalue weighted by Crippen LogP contribution is 2.28. The van der Waals surface area contributed by atoms with Crippen molar-refractivity contribution in [3.8, 4) is 0 Å². The summed E-state index contributed by atoms with van der Waals surface area (Å²) in [7, 11) is 0. The van der Waals surface area contributed by atoms with E-state index in [1.165, 1.54) is 0 Å². The van der Waals surface area contributed by atoms with Gasteiger partial charge in [-0.2, -0.15) is 0 Å². The van der Waals surface area contributed by atoms with Crippen molar-refractivity contribution < 1.29 is 14.7 Å². The average molecular weight is 556 g/mol. The fraction of sp³-hybridized carbons (Fsp3) is 0.250.